The highest BCUT2D eigenvalue weighted by atomic mass is 32.2. The second kappa shape index (κ2) is 8.24. The number of anilines is 2. The first kappa shape index (κ1) is 21.9. The molecule has 11 nitrogen and oxygen atoms in total. The summed E-state index contributed by atoms with van der Waals surface area (Å²) >= 11 is 0. The highest BCUT2D eigenvalue weighted by molar-refractivity contribution is 7.90. The average molecular weight is 493 g/mol. The van der Waals surface area contributed by atoms with Crippen molar-refractivity contribution in [3.63, 3.8) is 0 Å². The summed E-state index contributed by atoms with van der Waals surface area (Å²) in [5.41, 5.74) is 3.45. The maximum Gasteiger partial charge on any atom is 0.256 e. The van der Waals surface area contributed by atoms with Crippen molar-refractivity contribution in [3.05, 3.63) is 48.7 Å². The van der Waals surface area contributed by atoms with E-state index >= 15 is 0 Å². The van der Waals surface area contributed by atoms with E-state index in [1.807, 2.05) is 16.9 Å². The molecule has 0 bridgehead atoms. The van der Waals surface area contributed by atoms with Gasteiger partial charge in [0.05, 0.1) is 47.6 Å². The van der Waals surface area contributed by atoms with Crippen LogP contribution in [0.25, 0.3) is 27.9 Å². The fourth-order valence-corrected chi connectivity index (χ4v) is 5.54. The van der Waals surface area contributed by atoms with Crippen molar-refractivity contribution >= 4 is 38.1 Å². The van der Waals surface area contributed by atoms with Crippen LogP contribution in [0.4, 0.5) is 11.6 Å². The van der Waals surface area contributed by atoms with Crippen molar-refractivity contribution in [1.29, 1.82) is 0 Å². The minimum absolute atomic E-state index is 0.165. The van der Waals surface area contributed by atoms with Gasteiger partial charge in [0, 0.05) is 35.5 Å². The lowest BCUT2D eigenvalue weighted by molar-refractivity contribution is 0.216. The van der Waals surface area contributed by atoms with E-state index in [0.717, 1.165) is 26.3 Å². The van der Waals surface area contributed by atoms with Gasteiger partial charge in [-0.05, 0) is 32.8 Å². The summed E-state index contributed by atoms with van der Waals surface area (Å²) in [7, 11) is -3.44. The molecule has 0 radical (unpaired) electrons. The van der Waals surface area contributed by atoms with Crippen molar-refractivity contribution in [2.24, 2.45) is 0 Å². The van der Waals surface area contributed by atoms with Crippen LogP contribution in [-0.2, 0) is 14.8 Å². The van der Waals surface area contributed by atoms with Gasteiger partial charge < -0.3 is 10.1 Å². The molecule has 1 saturated carbocycles. The molecule has 35 heavy (non-hydrogen) atoms. The Morgan fingerprint density at radius 1 is 1.17 bits per heavy atom. The highest BCUT2D eigenvalue weighted by Crippen LogP contribution is 2.31. The number of hydrogen-bond donors (Lipinski definition) is 1. The van der Waals surface area contributed by atoms with Gasteiger partial charge in [0.2, 0.25) is 0 Å². The molecule has 0 unspecified atom stereocenters. The molecule has 4 aromatic heterocycles. The maximum absolute atomic E-state index is 12.4. The van der Waals surface area contributed by atoms with Gasteiger partial charge in [-0.3, -0.25) is 4.68 Å². The van der Waals surface area contributed by atoms with Crippen LogP contribution < -0.4 is 5.32 Å². The van der Waals surface area contributed by atoms with Crippen LogP contribution in [0.3, 0.4) is 0 Å². The molecule has 0 spiro atoms. The molecule has 0 amide bonds. The third-order valence-corrected chi connectivity index (χ3v) is 8.06. The molecule has 5 heterocycles. The molecule has 1 fully saturated rings. The number of nitrogens with zero attached hydrogens (tertiary/aromatic N) is 7. The minimum Gasteiger partial charge on any atom is -0.373 e. The molecule has 1 aliphatic heterocycles. The van der Waals surface area contributed by atoms with Gasteiger partial charge in [-0.1, -0.05) is 6.08 Å². The number of hydrogen-bond acceptors (Lipinski definition) is 9. The van der Waals surface area contributed by atoms with Crippen LogP contribution in [0.5, 0.6) is 0 Å². The topological polar surface area (TPSA) is 130 Å². The van der Waals surface area contributed by atoms with E-state index in [1.165, 1.54) is 12.4 Å². The summed E-state index contributed by atoms with van der Waals surface area (Å²) in [5.74, 6) is 1.51. The van der Waals surface area contributed by atoms with Crippen LogP contribution >= 0.6 is 0 Å². The number of ether oxygens (including phenoxy) is 1. The normalized spacial score (nSPS) is 16.3. The molecule has 1 aliphatic carbocycles. The molecular weight excluding hydrogens is 468 g/mol. The predicted octanol–water partition coefficient (Wildman–Crippen LogP) is 3.16. The number of pyridine rings is 1. The summed E-state index contributed by atoms with van der Waals surface area (Å²) in [6, 6.07) is 3.84. The summed E-state index contributed by atoms with van der Waals surface area (Å²) in [6.45, 7) is 5.32. The van der Waals surface area contributed by atoms with Gasteiger partial charge in [-0.15, -0.1) is 0 Å². The standard InChI is InChI=1S/C23H24N8O3S/c1-14(2)31-19-9-21(25-11-18(19)22(29-31)15-6-8-34-13-15)27-20-5-7-24-23(28-20)16-10-26-30(12-16)35(32,33)17-3-4-17/h5-7,9-12,14,17H,3-4,8,13H2,1-2H3,(H,24,25,27,28). The Labute approximate surface area is 201 Å². The van der Waals surface area contributed by atoms with Crippen molar-refractivity contribution in [2.75, 3.05) is 18.5 Å². The second-order valence-electron chi connectivity index (χ2n) is 8.95. The Hall–Kier alpha value is -3.64. The first-order valence-corrected chi connectivity index (χ1v) is 13.0. The Morgan fingerprint density at radius 2 is 2.03 bits per heavy atom. The van der Waals surface area contributed by atoms with Crippen LogP contribution in [0.2, 0.25) is 0 Å². The van der Waals surface area contributed by atoms with Gasteiger partial charge in [0.25, 0.3) is 10.0 Å². The van der Waals surface area contributed by atoms with Gasteiger partial charge in [-0.2, -0.15) is 14.3 Å². The number of rotatable bonds is 7. The van der Waals surface area contributed by atoms with Crippen molar-refractivity contribution in [3.8, 4) is 11.4 Å². The Morgan fingerprint density at radius 3 is 2.77 bits per heavy atom. The average Bonchev–Trinajstić information content (AvgIpc) is 3.24. The van der Waals surface area contributed by atoms with Crippen LogP contribution in [0.1, 0.15) is 38.4 Å². The highest BCUT2D eigenvalue weighted by Gasteiger charge is 2.37. The van der Waals surface area contributed by atoms with E-state index in [9.17, 15) is 8.42 Å². The van der Waals surface area contributed by atoms with E-state index < -0.39 is 10.0 Å². The zero-order valence-corrected chi connectivity index (χ0v) is 20.1. The molecule has 1 N–H and O–H groups in total. The predicted molar refractivity (Wildman–Crippen MR) is 131 cm³/mol. The van der Waals surface area contributed by atoms with Crippen LogP contribution in [0, 0.1) is 0 Å². The smallest absolute Gasteiger partial charge is 0.256 e. The van der Waals surface area contributed by atoms with Crippen molar-refractivity contribution in [2.45, 2.75) is 38.0 Å². The summed E-state index contributed by atoms with van der Waals surface area (Å²) < 4.78 is 33.4. The Kier molecular flexibility index (Phi) is 5.15. The Bertz CT molecular complexity index is 1570. The van der Waals surface area contributed by atoms with Crippen molar-refractivity contribution in [1.82, 2.24) is 33.9 Å². The van der Waals surface area contributed by atoms with Gasteiger partial charge in [0.1, 0.15) is 11.6 Å². The third kappa shape index (κ3) is 3.98. The van der Waals surface area contributed by atoms with Crippen molar-refractivity contribution < 1.29 is 13.2 Å². The number of aromatic nitrogens is 7. The molecule has 4 aromatic rings. The summed E-state index contributed by atoms with van der Waals surface area (Å²) in [5, 5.41) is 12.7. The second-order valence-corrected chi connectivity index (χ2v) is 11.0. The fraction of sp³-hybridized carbons (Fsp3) is 0.348. The lowest BCUT2D eigenvalue weighted by Crippen LogP contribution is -2.17. The monoisotopic (exact) mass is 492 g/mol. The summed E-state index contributed by atoms with van der Waals surface area (Å²) in [4.78, 5) is 13.4. The molecule has 2 aliphatic rings. The molecule has 0 atom stereocenters. The quantitative estimate of drug-likeness (QED) is 0.413. The van der Waals surface area contributed by atoms with E-state index in [1.54, 1.807) is 12.3 Å². The maximum atomic E-state index is 12.4. The van der Waals surface area contributed by atoms with E-state index in [2.05, 4.69) is 45.3 Å². The number of nitrogens with one attached hydrogen (secondary N) is 1. The van der Waals surface area contributed by atoms with E-state index in [-0.39, 0.29) is 11.3 Å². The molecular formula is C23H24N8O3S. The molecule has 12 heteroatoms. The van der Waals surface area contributed by atoms with Crippen LogP contribution in [-0.4, -0.2) is 60.8 Å². The first-order valence-electron chi connectivity index (χ1n) is 11.4. The van der Waals surface area contributed by atoms with E-state index in [0.29, 0.717) is 49.1 Å². The largest absolute Gasteiger partial charge is 0.373 e. The lowest BCUT2D eigenvalue weighted by Gasteiger charge is -2.09. The fourth-order valence-electron chi connectivity index (χ4n) is 4.06. The number of fused-ring (bicyclic) bond motifs is 1. The van der Waals surface area contributed by atoms with Crippen LogP contribution in [0.15, 0.2) is 43.0 Å². The Balaban J connectivity index is 1.30. The third-order valence-electron chi connectivity index (χ3n) is 6.03. The van der Waals surface area contributed by atoms with Gasteiger partial charge in [-0.25, -0.2) is 23.4 Å². The summed E-state index contributed by atoms with van der Waals surface area (Å²) in [6.07, 6.45) is 9.75. The molecule has 6 rings (SSSR count). The van der Waals surface area contributed by atoms with Gasteiger partial charge in [0.15, 0.2) is 5.82 Å². The molecule has 180 valence electrons. The minimum atomic E-state index is -3.44. The SMILES string of the molecule is CC(C)n1nc(C2=CCOC2)c2cnc(Nc3ccnc(-c4cnn(S(=O)(=O)C5CC5)c4)n3)cc21. The first-order chi connectivity index (χ1) is 16.9. The molecule has 0 aromatic carbocycles. The zero-order chi connectivity index (χ0) is 24.2. The van der Waals surface area contributed by atoms with Gasteiger partial charge >= 0.3 is 0 Å². The lowest BCUT2D eigenvalue weighted by atomic mass is 10.1. The zero-order valence-electron chi connectivity index (χ0n) is 19.3. The molecule has 0 saturated heterocycles. The van der Waals surface area contributed by atoms with E-state index in [4.69, 9.17) is 9.84 Å².